The van der Waals surface area contributed by atoms with E-state index in [2.05, 4.69) is 17.2 Å². The van der Waals surface area contributed by atoms with Crippen molar-refractivity contribution in [2.45, 2.75) is 25.7 Å². The van der Waals surface area contributed by atoms with E-state index in [1.807, 2.05) is 0 Å². The summed E-state index contributed by atoms with van der Waals surface area (Å²) in [5.41, 5.74) is 2.00. The van der Waals surface area contributed by atoms with Crippen molar-refractivity contribution in [3.8, 4) is 0 Å². The van der Waals surface area contributed by atoms with Crippen LogP contribution in [0.2, 0.25) is 0 Å². The molecule has 1 amide bonds. The quantitative estimate of drug-likeness (QED) is 0.561. The Morgan fingerprint density at radius 3 is 2.75 bits per heavy atom. The lowest BCUT2D eigenvalue weighted by Crippen LogP contribution is -2.39. The number of allylic oxidation sites excluding steroid dienone is 1. The minimum Gasteiger partial charge on any atom is -0.345 e. The number of carbonyl (C=O) groups is 1. The van der Waals surface area contributed by atoms with Gasteiger partial charge in [0.25, 0.3) is 5.91 Å². The summed E-state index contributed by atoms with van der Waals surface area (Å²) in [4.78, 5) is 11.4. The molecular weight excluding hydrogens is 152 g/mol. The van der Waals surface area contributed by atoms with Gasteiger partial charge in [0.15, 0.2) is 0 Å². The van der Waals surface area contributed by atoms with Crippen LogP contribution in [-0.2, 0) is 4.79 Å². The first-order valence-electron chi connectivity index (χ1n) is 4.26. The SMILES string of the molecule is C=C1NC(=O)C2=C(CCCC2)N1. The molecule has 0 bridgehead atoms. The zero-order valence-electron chi connectivity index (χ0n) is 6.94. The van der Waals surface area contributed by atoms with Crippen molar-refractivity contribution in [1.82, 2.24) is 10.6 Å². The van der Waals surface area contributed by atoms with E-state index in [1.165, 1.54) is 6.42 Å². The van der Waals surface area contributed by atoms with Gasteiger partial charge in [-0.2, -0.15) is 0 Å². The molecule has 0 unspecified atom stereocenters. The predicted octanol–water partition coefficient (Wildman–Crippen LogP) is 1.01. The summed E-state index contributed by atoms with van der Waals surface area (Å²) in [5, 5.41) is 5.78. The maximum atomic E-state index is 11.4. The van der Waals surface area contributed by atoms with Gasteiger partial charge in [0.2, 0.25) is 0 Å². The number of hydrogen-bond donors (Lipinski definition) is 2. The highest BCUT2D eigenvalue weighted by molar-refractivity contribution is 5.96. The zero-order valence-corrected chi connectivity index (χ0v) is 6.94. The first-order chi connectivity index (χ1) is 5.77. The molecule has 0 aromatic carbocycles. The van der Waals surface area contributed by atoms with Gasteiger partial charge >= 0.3 is 0 Å². The van der Waals surface area contributed by atoms with E-state index in [0.29, 0.717) is 5.82 Å². The molecule has 2 rings (SSSR count). The minimum absolute atomic E-state index is 0.0356. The predicted molar refractivity (Wildman–Crippen MR) is 45.9 cm³/mol. The summed E-state index contributed by atoms with van der Waals surface area (Å²) in [6.07, 6.45) is 4.19. The van der Waals surface area contributed by atoms with Gasteiger partial charge in [0, 0.05) is 11.3 Å². The van der Waals surface area contributed by atoms with Gasteiger partial charge in [-0.05, 0) is 25.7 Å². The first kappa shape index (κ1) is 7.40. The highest BCUT2D eigenvalue weighted by atomic mass is 16.2. The molecule has 3 nitrogen and oxygen atoms in total. The second-order valence-corrected chi connectivity index (χ2v) is 3.22. The van der Waals surface area contributed by atoms with Crippen LogP contribution in [0.1, 0.15) is 25.7 Å². The van der Waals surface area contributed by atoms with Crippen molar-refractivity contribution in [2.24, 2.45) is 0 Å². The number of carbonyl (C=O) groups excluding carboxylic acids is 1. The normalized spacial score (nSPS) is 23.0. The van der Waals surface area contributed by atoms with Crippen LogP contribution in [0, 0.1) is 0 Å². The van der Waals surface area contributed by atoms with Gasteiger partial charge in [-0.25, -0.2) is 0 Å². The largest absolute Gasteiger partial charge is 0.345 e. The maximum Gasteiger partial charge on any atom is 0.254 e. The first-order valence-corrected chi connectivity index (χ1v) is 4.26. The van der Waals surface area contributed by atoms with Gasteiger partial charge < -0.3 is 10.6 Å². The molecule has 0 saturated carbocycles. The molecule has 64 valence electrons. The Balaban J connectivity index is 2.32. The number of hydrogen-bond acceptors (Lipinski definition) is 2. The highest BCUT2D eigenvalue weighted by Crippen LogP contribution is 2.25. The Bertz CT molecular complexity index is 278. The molecule has 1 aliphatic heterocycles. The zero-order chi connectivity index (χ0) is 8.55. The molecule has 2 N–H and O–H groups in total. The molecule has 1 aliphatic carbocycles. The topological polar surface area (TPSA) is 41.1 Å². The lowest BCUT2D eigenvalue weighted by molar-refractivity contribution is -0.117. The average molecular weight is 164 g/mol. The van der Waals surface area contributed by atoms with E-state index >= 15 is 0 Å². The fourth-order valence-electron chi connectivity index (χ4n) is 1.72. The standard InChI is InChI=1S/C9H12N2O/c1-6-10-8-5-3-2-4-7(8)9(12)11-6/h10H,1-5H2,(H,11,12). The van der Waals surface area contributed by atoms with Crippen LogP contribution < -0.4 is 10.6 Å². The molecule has 12 heavy (non-hydrogen) atoms. The minimum atomic E-state index is 0.0356. The van der Waals surface area contributed by atoms with Crippen molar-refractivity contribution >= 4 is 5.91 Å². The van der Waals surface area contributed by atoms with Crippen LogP contribution in [0.3, 0.4) is 0 Å². The van der Waals surface area contributed by atoms with Crippen LogP contribution in [0.25, 0.3) is 0 Å². The van der Waals surface area contributed by atoms with Crippen molar-refractivity contribution in [1.29, 1.82) is 0 Å². The second kappa shape index (κ2) is 2.66. The van der Waals surface area contributed by atoms with E-state index in [4.69, 9.17) is 0 Å². The highest BCUT2D eigenvalue weighted by Gasteiger charge is 2.23. The lowest BCUT2D eigenvalue weighted by atomic mass is 9.94. The van der Waals surface area contributed by atoms with Crippen molar-refractivity contribution in [3.05, 3.63) is 23.7 Å². The smallest absolute Gasteiger partial charge is 0.254 e. The molecule has 0 radical (unpaired) electrons. The number of nitrogens with one attached hydrogen (secondary N) is 2. The summed E-state index contributed by atoms with van der Waals surface area (Å²) >= 11 is 0. The molecule has 2 aliphatic rings. The monoisotopic (exact) mass is 164 g/mol. The van der Waals surface area contributed by atoms with E-state index in [-0.39, 0.29) is 5.91 Å². The van der Waals surface area contributed by atoms with Gasteiger partial charge in [-0.3, -0.25) is 4.79 Å². The van der Waals surface area contributed by atoms with E-state index in [1.54, 1.807) is 0 Å². The molecule has 0 aromatic heterocycles. The summed E-state index contributed by atoms with van der Waals surface area (Å²) < 4.78 is 0. The molecule has 1 heterocycles. The van der Waals surface area contributed by atoms with Crippen LogP contribution in [-0.4, -0.2) is 5.91 Å². The summed E-state index contributed by atoms with van der Waals surface area (Å²) in [6, 6.07) is 0. The van der Waals surface area contributed by atoms with Gasteiger partial charge in [0.05, 0.1) is 0 Å². The Kier molecular flexibility index (Phi) is 1.64. The molecule has 0 fully saturated rings. The van der Waals surface area contributed by atoms with Gasteiger partial charge in [-0.15, -0.1) is 0 Å². The Hall–Kier alpha value is -1.25. The average Bonchev–Trinajstić information content (AvgIpc) is 2.04. The van der Waals surface area contributed by atoms with Crippen LogP contribution >= 0.6 is 0 Å². The van der Waals surface area contributed by atoms with Crippen molar-refractivity contribution in [3.63, 3.8) is 0 Å². The number of amides is 1. The summed E-state index contributed by atoms with van der Waals surface area (Å²) in [6.45, 7) is 3.68. The van der Waals surface area contributed by atoms with Crippen molar-refractivity contribution < 1.29 is 4.79 Å². The molecule has 0 atom stereocenters. The van der Waals surface area contributed by atoms with E-state index in [0.717, 1.165) is 30.5 Å². The fourth-order valence-corrected chi connectivity index (χ4v) is 1.72. The van der Waals surface area contributed by atoms with Crippen LogP contribution in [0.15, 0.2) is 23.7 Å². The second-order valence-electron chi connectivity index (χ2n) is 3.22. The Morgan fingerprint density at radius 1 is 1.17 bits per heavy atom. The lowest BCUT2D eigenvalue weighted by Gasteiger charge is -2.26. The van der Waals surface area contributed by atoms with Crippen LogP contribution in [0.5, 0.6) is 0 Å². The molecule has 0 spiro atoms. The molecule has 3 heteroatoms. The summed E-state index contributed by atoms with van der Waals surface area (Å²) in [7, 11) is 0. The maximum absolute atomic E-state index is 11.4. The third kappa shape index (κ3) is 1.11. The van der Waals surface area contributed by atoms with E-state index in [9.17, 15) is 4.79 Å². The van der Waals surface area contributed by atoms with E-state index < -0.39 is 0 Å². The third-order valence-electron chi connectivity index (χ3n) is 2.31. The number of rotatable bonds is 0. The Morgan fingerprint density at radius 2 is 1.92 bits per heavy atom. The van der Waals surface area contributed by atoms with Gasteiger partial charge in [-0.1, -0.05) is 6.58 Å². The van der Waals surface area contributed by atoms with Crippen molar-refractivity contribution in [2.75, 3.05) is 0 Å². The summed E-state index contributed by atoms with van der Waals surface area (Å²) in [5.74, 6) is 0.647. The molecule has 0 saturated heterocycles. The molecule has 0 aromatic rings. The Labute approximate surface area is 71.5 Å². The fraction of sp³-hybridized carbons (Fsp3) is 0.444. The van der Waals surface area contributed by atoms with Gasteiger partial charge in [0.1, 0.15) is 5.82 Å². The third-order valence-corrected chi connectivity index (χ3v) is 2.31. The van der Waals surface area contributed by atoms with Crippen LogP contribution in [0.4, 0.5) is 0 Å². The molecular formula is C9H12N2O.